The first-order valence-electron chi connectivity index (χ1n) is 5.38. The Morgan fingerprint density at radius 2 is 2.38 bits per heavy atom. The highest BCUT2D eigenvalue weighted by Crippen LogP contribution is 2.22. The van der Waals surface area contributed by atoms with Gasteiger partial charge in [0.1, 0.15) is 0 Å². The van der Waals surface area contributed by atoms with Crippen molar-refractivity contribution in [3.05, 3.63) is 26.9 Å². The number of rotatable bonds is 3. The van der Waals surface area contributed by atoms with E-state index in [4.69, 9.17) is 0 Å². The lowest BCUT2D eigenvalue weighted by molar-refractivity contribution is 0.318. The standard InChI is InChI=1S/C11H15Br2N3/c1-14-9-2-3-16(6-9)7-11-10(13)4-8(12)5-15-11/h4-5,9,14H,2-3,6-7H2,1H3. The maximum absolute atomic E-state index is 4.44. The minimum atomic E-state index is 0.634. The van der Waals surface area contributed by atoms with Crippen molar-refractivity contribution in [3.8, 4) is 0 Å². The second-order valence-electron chi connectivity index (χ2n) is 4.09. The van der Waals surface area contributed by atoms with Crippen molar-refractivity contribution in [2.75, 3.05) is 20.1 Å². The molecule has 3 nitrogen and oxygen atoms in total. The highest BCUT2D eigenvalue weighted by atomic mass is 79.9. The molecule has 0 saturated carbocycles. The van der Waals surface area contributed by atoms with Crippen molar-refractivity contribution in [2.24, 2.45) is 0 Å². The van der Waals surface area contributed by atoms with E-state index in [0.717, 1.165) is 34.3 Å². The van der Waals surface area contributed by atoms with Crippen LogP contribution in [0.3, 0.4) is 0 Å². The summed E-state index contributed by atoms with van der Waals surface area (Å²) in [5.41, 5.74) is 1.11. The summed E-state index contributed by atoms with van der Waals surface area (Å²) in [5.74, 6) is 0. The molecule has 2 rings (SSSR count). The van der Waals surface area contributed by atoms with Crippen LogP contribution < -0.4 is 5.32 Å². The summed E-state index contributed by atoms with van der Waals surface area (Å²) in [6, 6.07) is 2.68. The second-order valence-corrected chi connectivity index (χ2v) is 5.86. The van der Waals surface area contributed by atoms with Gasteiger partial charge in [-0.15, -0.1) is 0 Å². The number of hydrogen-bond acceptors (Lipinski definition) is 3. The van der Waals surface area contributed by atoms with Crippen molar-refractivity contribution in [1.29, 1.82) is 0 Å². The minimum Gasteiger partial charge on any atom is -0.316 e. The topological polar surface area (TPSA) is 28.2 Å². The van der Waals surface area contributed by atoms with E-state index in [1.807, 2.05) is 19.3 Å². The quantitative estimate of drug-likeness (QED) is 0.909. The third-order valence-corrected chi connectivity index (χ3v) is 4.06. The molecule has 0 aliphatic carbocycles. The van der Waals surface area contributed by atoms with Gasteiger partial charge in [0.25, 0.3) is 0 Å². The Morgan fingerprint density at radius 1 is 1.56 bits per heavy atom. The maximum atomic E-state index is 4.44. The predicted octanol–water partition coefficient (Wildman–Crippen LogP) is 2.40. The fourth-order valence-electron chi connectivity index (χ4n) is 1.98. The van der Waals surface area contributed by atoms with Gasteiger partial charge in [-0.2, -0.15) is 0 Å². The third-order valence-electron chi connectivity index (χ3n) is 2.94. The number of likely N-dealkylation sites (N-methyl/N-ethyl adjacent to an activating group) is 1. The molecular weight excluding hydrogens is 334 g/mol. The molecule has 0 bridgehead atoms. The Morgan fingerprint density at radius 3 is 3.00 bits per heavy atom. The van der Waals surface area contributed by atoms with Crippen molar-refractivity contribution >= 4 is 31.9 Å². The molecule has 1 atom stereocenters. The van der Waals surface area contributed by atoms with Gasteiger partial charge in [0.15, 0.2) is 0 Å². The van der Waals surface area contributed by atoms with Crippen LogP contribution in [0.1, 0.15) is 12.1 Å². The van der Waals surface area contributed by atoms with E-state index in [1.54, 1.807) is 0 Å². The molecule has 5 heteroatoms. The SMILES string of the molecule is CNC1CCN(Cc2ncc(Br)cc2Br)C1. The van der Waals surface area contributed by atoms with Gasteiger partial charge in [-0.3, -0.25) is 9.88 Å². The van der Waals surface area contributed by atoms with Gasteiger partial charge in [0, 0.05) is 40.8 Å². The summed E-state index contributed by atoms with van der Waals surface area (Å²) in [6.45, 7) is 3.18. The Balaban J connectivity index is 1.99. The van der Waals surface area contributed by atoms with Crippen LogP contribution in [0.2, 0.25) is 0 Å². The third kappa shape index (κ3) is 3.03. The van der Waals surface area contributed by atoms with E-state index in [2.05, 4.69) is 47.1 Å². The molecule has 1 aliphatic heterocycles. The lowest BCUT2D eigenvalue weighted by atomic mass is 10.3. The smallest absolute Gasteiger partial charge is 0.0686 e. The highest BCUT2D eigenvalue weighted by molar-refractivity contribution is 9.11. The molecule has 0 aromatic carbocycles. The summed E-state index contributed by atoms with van der Waals surface area (Å²) in [4.78, 5) is 6.87. The molecule has 1 aromatic rings. The van der Waals surface area contributed by atoms with Gasteiger partial charge in [0.2, 0.25) is 0 Å². The van der Waals surface area contributed by atoms with Crippen molar-refractivity contribution < 1.29 is 0 Å². The fraction of sp³-hybridized carbons (Fsp3) is 0.545. The van der Waals surface area contributed by atoms with Gasteiger partial charge in [-0.05, 0) is 51.4 Å². The Labute approximate surface area is 113 Å². The molecule has 1 aliphatic rings. The predicted molar refractivity (Wildman–Crippen MR) is 72.4 cm³/mol. The summed E-state index contributed by atoms with van der Waals surface area (Å²) in [6.07, 6.45) is 3.08. The van der Waals surface area contributed by atoms with E-state index in [-0.39, 0.29) is 0 Å². The first kappa shape index (κ1) is 12.5. The largest absolute Gasteiger partial charge is 0.316 e. The van der Waals surface area contributed by atoms with Crippen LogP contribution in [-0.2, 0) is 6.54 Å². The second kappa shape index (κ2) is 5.58. The molecule has 1 N–H and O–H groups in total. The Kier molecular flexibility index (Phi) is 4.35. The number of nitrogens with one attached hydrogen (secondary N) is 1. The fourth-order valence-corrected chi connectivity index (χ4v) is 3.10. The molecular formula is C11H15Br2N3. The minimum absolute atomic E-state index is 0.634. The molecule has 1 unspecified atom stereocenters. The molecule has 2 heterocycles. The van der Waals surface area contributed by atoms with Crippen LogP contribution in [0.5, 0.6) is 0 Å². The summed E-state index contributed by atoms with van der Waals surface area (Å²) >= 11 is 6.97. The Hall–Kier alpha value is 0.0300. The normalized spacial score (nSPS) is 21.6. The van der Waals surface area contributed by atoms with Gasteiger partial charge < -0.3 is 5.32 Å². The van der Waals surface area contributed by atoms with Crippen LogP contribution in [0.4, 0.5) is 0 Å². The summed E-state index contributed by atoms with van der Waals surface area (Å²) < 4.78 is 2.09. The summed E-state index contributed by atoms with van der Waals surface area (Å²) in [7, 11) is 2.03. The molecule has 1 fully saturated rings. The van der Waals surface area contributed by atoms with Crippen LogP contribution in [0.15, 0.2) is 21.2 Å². The molecule has 1 saturated heterocycles. The zero-order valence-corrected chi connectivity index (χ0v) is 12.4. The van der Waals surface area contributed by atoms with E-state index < -0.39 is 0 Å². The maximum Gasteiger partial charge on any atom is 0.0686 e. The number of pyridine rings is 1. The first-order valence-corrected chi connectivity index (χ1v) is 6.97. The van der Waals surface area contributed by atoms with Crippen LogP contribution in [0, 0.1) is 0 Å². The zero-order valence-electron chi connectivity index (χ0n) is 9.21. The number of halogens is 2. The van der Waals surface area contributed by atoms with Crippen molar-refractivity contribution in [2.45, 2.75) is 19.0 Å². The van der Waals surface area contributed by atoms with E-state index >= 15 is 0 Å². The van der Waals surface area contributed by atoms with Crippen molar-refractivity contribution in [3.63, 3.8) is 0 Å². The summed E-state index contributed by atoms with van der Waals surface area (Å²) in [5, 5.41) is 3.32. The number of hydrogen-bond donors (Lipinski definition) is 1. The van der Waals surface area contributed by atoms with Gasteiger partial charge in [-0.1, -0.05) is 0 Å². The van der Waals surface area contributed by atoms with Crippen LogP contribution in [-0.4, -0.2) is 36.1 Å². The van der Waals surface area contributed by atoms with Crippen LogP contribution >= 0.6 is 31.9 Å². The molecule has 0 spiro atoms. The lowest BCUT2D eigenvalue weighted by Crippen LogP contribution is -2.29. The molecule has 16 heavy (non-hydrogen) atoms. The van der Waals surface area contributed by atoms with E-state index in [1.165, 1.54) is 6.42 Å². The number of aromatic nitrogens is 1. The van der Waals surface area contributed by atoms with E-state index in [9.17, 15) is 0 Å². The molecule has 0 radical (unpaired) electrons. The van der Waals surface area contributed by atoms with Gasteiger partial charge in [0.05, 0.1) is 5.69 Å². The van der Waals surface area contributed by atoms with Gasteiger partial charge in [-0.25, -0.2) is 0 Å². The molecule has 1 aromatic heterocycles. The Bertz CT molecular complexity index is 370. The van der Waals surface area contributed by atoms with Gasteiger partial charge >= 0.3 is 0 Å². The number of likely N-dealkylation sites (tertiary alicyclic amines) is 1. The molecule has 0 amide bonds. The lowest BCUT2D eigenvalue weighted by Gasteiger charge is -2.16. The first-order chi connectivity index (χ1) is 7.69. The zero-order chi connectivity index (χ0) is 11.5. The highest BCUT2D eigenvalue weighted by Gasteiger charge is 2.21. The molecule has 88 valence electrons. The number of nitrogens with zero attached hydrogens (tertiary/aromatic N) is 2. The van der Waals surface area contributed by atoms with Crippen molar-refractivity contribution in [1.82, 2.24) is 15.2 Å². The average Bonchev–Trinajstić information content (AvgIpc) is 2.70. The van der Waals surface area contributed by atoms with E-state index in [0.29, 0.717) is 6.04 Å². The average molecular weight is 349 g/mol. The monoisotopic (exact) mass is 347 g/mol. The van der Waals surface area contributed by atoms with Crippen LogP contribution in [0.25, 0.3) is 0 Å².